The number of aromatic nitrogens is 1. The molecule has 3 nitrogen and oxygen atoms in total. The van der Waals surface area contributed by atoms with Crippen LogP contribution in [-0.2, 0) is 6.42 Å². The molecule has 0 fully saturated rings. The molecular weight excluding hydrogens is 236 g/mol. The van der Waals surface area contributed by atoms with Gasteiger partial charge in [-0.2, -0.15) is 0 Å². The van der Waals surface area contributed by atoms with Crippen LogP contribution in [0.25, 0.3) is 0 Å². The molecular formula is C16H24N2O. The van der Waals surface area contributed by atoms with Gasteiger partial charge in [-0.15, -0.1) is 11.8 Å². The highest BCUT2D eigenvalue weighted by Gasteiger charge is 2.08. The van der Waals surface area contributed by atoms with Gasteiger partial charge in [-0.05, 0) is 38.3 Å². The van der Waals surface area contributed by atoms with Crippen LogP contribution in [0, 0.1) is 11.8 Å². The molecule has 0 aliphatic heterocycles. The maximum Gasteiger partial charge on any atom is 0.212 e. The fourth-order valence-corrected chi connectivity index (χ4v) is 1.93. The number of ether oxygens (including phenoxy) is 1. The van der Waals surface area contributed by atoms with Crippen molar-refractivity contribution < 1.29 is 4.74 Å². The Kier molecular flexibility index (Phi) is 7.69. The first kappa shape index (κ1) is 15.5. The molecule has 1 unspecified atom stereocenters. The fourth-order valence-electron chi connectivity index (χ4n) is 1.93. The van der Waals surface area contributed by atoms with Gasteiger partial charge in [0.1, 0.15) is 0 Å². The summed E-state index contributed by atoms with van der Waals surface area (Å²) >= 11 is 0. The van der Waals surface area contributed by atoms with Crippen LogP contribution in [0.3, 0.4) is 0 Å². The number of nitrogens with zero attached hydrogens (tertiary/aromatic N) is 1. The van der Waals surface area contributed by atoms with E-state index in [-0.39, 0.29) is 0 Å². The van der Waals surface area contributed by atoms with Crippen LogP contribution in [0.15, 0.2) is 18.3 Å². The summed E-state index contributed by atoms with van der Waals surface area (Å²) in [5, 5.41) is 3.58. The lowest BCUT2D eigenvalue weighted by atomic mass is 10.0. The zero-order valence-electron chi connectivity index (χ0n) is 12.2. The molecule has 0 aliphatic rings. The van der Waals surface area contributed by atoms with Gasteiger partial charge in [0.05, 0.1) is 7.11 Å². The Morgan fingerprint density at radius 1 is 1.42 bits per heavy atom. The van der Waals surface area contributed by atoms with Crippen LogP contribution in [0.4, 0.5) is 0 Å². The van der Waals surface area contributed by atoms with E-state index in [1.807, 2.05) is 19.2 Å². The molecule has 1 heterocycles. The Morgan fingerprint density at radius 3 is 2.84 bits per heavy atom. The smallest absolute Gasteiger partial charge is 0.212 e. The molecule has 0 radical (unpaired) electrons. The zero-order valence-corrected chi connectivity index (χ0v) is 12.2. The van der Waals surface area contributed by atoms with Crippen LogP contribution in [-0.4, -0.2) is 24.7 Å². The van der Waals surface area contributed by atoms with E-state index >= 15 is 0 Å². The quantitative estimate of drug-likeness (QED) is 0.730. The second kappa shape index (κ2) is 9.41. The van der Waals surface area contributed by atoms with Crippen LogP contribution >= 0.6 is 0 Å². The van der Waals surface area contributed by atoms with Crippen LogP contribution in [0.1, 0.15) is 38.7 Å². The van der Waals surface area contributed by atoms with Crippen molar-refractivity contribution in [2.75, 3.05) is 13.7 Å². The molecule has 0 saturated heterocycles. The summed E-state index contributed by atoms with van der Waals surface area (Å²) in [6.45, 7) is 5.13. The summed E-state index contributed by atoms with van der Waals surface area (Å²) < 4.78 is 5.07. The van der Waals surface area contributed by atoms with Crippen molar-refractivity contribution in [2.24, 2.45) is 0 Å². The van der Waals surface area contributed by atoms with E-state index in [4.69, 9.17) is 4.74 Å². The maximum absolute atomic E-state index is 5.07. The standard InChI is InChI=1S/C16H24N2O/c1-4-6-7-8-15(17-11-5-2)12-14-9-10-16(19-3)18-13-14/h9-10,13,15,17H,5,7-8,11-12H2,1-3H3. The first-order valence-electron chi connectivity index (χ1n) is 6.92. The molecule has 104 valence electrons. The fraction of sp³-hybridized carbons (Fsp3) is 0.562. The van der Waals surface area contributed by atoms with Crippen molar-refractivity contribution in [1.82, 2.24) is 10.3 Å². The molecule has 1 rings (SSSR count). The molecule has 0 saturated carbocycles. The minimum Gasteiger partial charge on any atom is -0.481 e. The molecule has 1 aromatic rings. The first-order valence-corrected chi connectivity index (χ1v) is 6.92. The normalized spacial score (nSPS) is 11.5. The average Bonchev–Trinajstić information content (AvgIpc) is 2.45. The molecule has 1 N–H and O–H groups in total. The number of nitrogens with one attached hydrogen (secondary N) is 1. The number of hydrogen-bond donors (Lipinski definition) is 1. The van der Waals surface area contributed by atoms with Crippen molar-refractivity contribution in [3.8, 4) is 17.7 Å². The second-order valence-corrected chi connectivity index (χ2v) is 4.53. The van der Waals surface area contributed by atoms with Crippen molar-refractivity contribution in [3.05, 3.63) is 23.9 Å². The monoisotopic (exact) mass is 260 g/mol. The van der Waals surface area contributed by atoms with Gasteiger partial charge in [0.15, 0.2) is 0 Å². The summed E-state index contributed by atoms with van der Waals surface area (Å²) in [5.41, 5.74) is 1.24. The third kappa shape index (κ3) is 6.26. The zero-order chi connectivity index (χ0) is 13.9. The van der Waals surface area contributed by atoms with Gasteiger partial charge >= 0.3 is 0 Å². The molecule has 0 spiro atoms. The van der Waals surface area contributed by atoms with E-state index in [1.54, 1.807) is 7.11 Å². The van der Waals surface area contributed by atoms with Gasteiger partial charge in [-0.25, -0.2) is 4.98 Å². The molecule has 1 atom stereocenters. The number of hydrogen-bond acceptors (Lipinski definition) is 3. The highest BCUT2D eigenvalue weighted by Crippen LogP contribution is 2.11. The molecule has 0 aromatic carbocycles. The number of rotatable bonds is 8. The summed E-state index contributed by atoms with van der Waals surface area (Å²) in [4.78, 5) is 4.25. The van der Waals surface area contributed by atoms with Crippen LogP contribution < -0.4 is 10.1 Å². The largest absolute Gasteiger partial charge is 0.481 e. The highest BCUT2D eigenvalue weighted by atomic mass is 16.5. The molecule has 0 bridgehead atoms. The molecule has 1 aromatic heterocycles. The van der Waals surface area contributed by atoms with Crippen molar-refractivity contribution in [2.45, 2.75) is 45.6 Å². The second-order valence-electron chi connectivity index (χ2n) is 4.53. The van der Waals surface area contributed by atoms with Gasteiger partial charge in [0.25, 0.3) is 0 Å². The predicted octanol–water partition coefficient (Wildman–Crippen LogP) is 2.80. The van der Waals surface area contributed by atoms with E-state index in [9.17, 15) is 0 Å². The molecule has 3 heteroatoms. The van der Waals surface area contributed by atoms with Crippen LogP contribution in [0.5, 0.6) is 5.88 Å². The molecule has 19 heavy (non-hydrogen) atoms. The lowest BCUT2D eigenvalue weighted by Gasteiger charge is -2.17. The summed E-state index contributed by atoms with van der Waals surface area (Å²) in [5.74, 6) is 6.75. The van der Waals surface area contributed by atoms with E-state index in [0.717, 1.165) is 32.2 Å². The summed E-state index contributed by atoms with van der Waals surface area (Å²) in [6, 6.07) is 4.46. The van der Waals surface area contributed by atoms with Crippen molar-refractivity contribution >= 4 is 0 Å². The van der Waals surface area contributed by atoms with E-state index in [1.165, 1.54) is 5.56 Å². The van der Waals surface area contributed by atoms with Gasteiger partial charge in [0.2, 0.25) is 5.88 Å². The third-order valence-electron chi connectivity index (χ3n) is 2.97. The minimum atomic E-state index is 0.469. The predicted molar refractivity (Wildman–Crippen MR) is 79.3 cm³/mol. The number of methoxy groups -OCH3 is 1. The van der Waals surface area contributed by atoms with Gasteiger partial charge in [0, 0.05) is 24.7 Å². The van der Waals surface area contributed by atoms with Gasteiger partial charge in [-0.3, -0.25) is 0 Å². The Labute approximate surface area is 116 Å². The summed E-state index contributed by atoms with van der Waals surface area (Å²) in [6.07, 6.45) is 6.05. The number of pyridine rings is 1. The molecule has 0 amide bonds. The Morgan fingerprint density at radius 2 is 2.26 bits per heavy atom. The minimum absolute atomic E-state index is 0.469. The first-order chi connectivity index (χ1) is 9.30. The third-order valence-corrected chi connectivity index (χ3v) is 2.97. The maximum atomic E-state index is 5.07. The van der Waals surface area contributed by atoms with Crippen LogP contribution in [0.2, 0.25) is 0 Å². The SMILES string of the molecule is CC#CCCC(Cc1ccc(OC)nc1)NCCC. The summed E-state index contributed by atoms with van der Waals surface area (Å²) in [7, 11) is 1.64. The lowest BCUT2D eigenvalue weighted by molar-refractivity contribution is 0.397. The van der Waals surface area contributed by atoms with Gasteiger partial charge in [-0.1, -0.05) is 13.0 Å². The van der Waals surface area contributed by atoms with E-state index < -0.39 is 0 Å². The lowest BCUT2D eigenvalue weighted by Crippen LogP contribution is -2.31. The topological polar surface area (TPSA) is 34.1 Å². The van der Waals surface area contributed by atoms with Crippen molar-refractivity contribution in [3.63, 3.8) is 0 Å². The van der Waals surface area contributed by atoms with E-state index in [2.05, 4.69) is 35.1 Å². The Balaban J connectivity index is 2.54. The van der Waals surface area contributed by atoms with E-state index in [0.29, 0.717) is 11.9 Å². The highest BCUT2D eigenvalue weighted by molar-refractivity contribution is 5.18. The molecule has 0 aliphatic carbocycles. The van der Waals surface area contributed by atoms with Gasteiger partial charge < -0.3 is 10.1 Å². The Hall–Kier alpha value is -1.53. The average molecular weight is 260 g/mol. The van der Waals surface area contributed by atoms with Crippen molar-refractivity contribution in [1.29, 1.82) is 0 Å². The Bertz CT molecular complexity index is 403.